The van der Waals surface area contributed by atoms with E-state index in [-0.39, 0.29) is 11.8 Å². The Morgan fingerprint density at radius 3 is 2.71 bits per heavy atom. The second-order valence-corrected chi connectivity index (χ2v) is 4.94. The zero-order valence-electron chi connectivity index (χ0n) is 12.3. The lowest BCUT2D eigenvalue weighted by Gasteiger charge is -2.16. The SMILES string of the molecule is COc1ccccc1CCNC(C)c1ccc(O)cc1F. The minimum Gasteiger partial charge on any atom is -0.508 e. The van der Waals surface area contributed by atoms with Crippen LogP contribution >= 0.6 is 0 Å². The molecule has 0 saturated heterocycles. The number of phenols is 1. The highest BCUT2D eigenvalue weighted by Crippen LogP contribution is 2.21. The van der Waals surface area contributed by atoms with E-state index in [9.17, 15) is 9.50 Å². The molecule has 112 valence electrons. The number of nitrogens with one attached hydrogen (secondary N) is 1. The van der Waals surface area contributed by atoms with Gasteiger partial charge in [0, 0.05) is 17.7 Å². The van der Waals surface area contributed by atoms with Crippen molar-refractivity contribution in [2.75, 3.05) is 13.7 Å². The molecule has 0 saturated carbocycles. The summed E-state index contributed by atoms with van der Waals surface area (Å²) in [6.07, 6.45) is 0.800. The third kappa shape index (κ3) is 3.95. The molecule has 0 fully saturated rings. The van der Waals surface area contributed by atoms with E-state index in [2.05, 4.69) is 5.32 Å². The quantitative estimate of drug-likeness (QED) is 0.856. The smallest absolute Gasteiger partial charge is 0.131 e. The summed E-state index contributed by atoms with van der Waals surface area (Å²) in [5, 5.41) is 12.5. The number of hydrogen-bond acceptors (Lipinski definition) is 3. The Balaban J connectivity index is 1.93. The van der Waals surface area contributed by atoms with Gasteiger partial charge >= 0.3 is 0 Å². The molecule has 4 heteroatoms. The highest BCUT2D eigenvalue weighted by atomic mass is 19.1. The molecule has 0 amide bonds. The highest BCUT2D eigenvalue weighted by molar-refractivity contribution is 5.33. The zero-order valence-corrected chi connectivity index (χ0v) is 12.3. The van der Waals surface area contributed by atoms with Gasteiger partial charge < -0.3 is 15.2 Å². The standard InChI is InChI=1S/C17H20FNO2/c1-12(15-8-7-14(20)11-16(15)18)19-10-9-13-5-3-4-6-17(13)21-2/h3-8,11-12,19-20H,9-10H2,1-2H3. The Morgan fingerprint density at radius 2 is 2.00 bits per heavy atom. The summed E-state index contributed by atoms with van der Waals surface area (Å²) >= 11 is 0. The fourth-order valence-corrected chi connectivity index (χ4v) is 2.31. The molecule has 3 nitrogen and oxygen atoms in total. The summed E-state index contributed by atoms with van der Waals surface area (Å²) in [6.45, 7) is 2.61. The van der Waals surface area contributed by atoms with Crippen LogP contribution in [0.25, 0.3) is 0 Å². The molecule has 0 heterocycles. The molecular formula is C17H20FNO2. The molecule has 0 spiro atoms. The van der Waals surface area contributed by atoms with Crippen LogP contribution in [0.4, 0.5) is 4.39 Å². The molecule has 21 heavy (non-hydrogen) atoms. The van der Waals surface area contributed by atoms with Gasteiger partial charge in [0.25, 0.3) is 0 Å². The minimum absolute atomic E-state index is 0.0579. The van der Waals surface area contributed by atoms with E-state index in [1.807, 2.05) is 31.2 Å². The topological polar surface area (TPSA) is 41.5 Å². The van der Waals surface area contributed by atoms with Gasteiger partial charge in [0.05, 0.1) is 7.11 Å². The highest BCUT2D eigenvalue weighted by Gasteiger charge is 2.11. The maximum Gasteiger partial charge on any atom is 0.131 e. The first-order chi connectivity index (χ1) is 10.1. The second kappa shape index (κ2) is 7.09. The van der Waals surface area contributed by atoms with Crippen LogP contribution in [0.5, 0.6) is 11.5 Å². The predicted molar refractivity (Wildman–Crippen MR) is 81.2 cm³/mol. The monoisotopic (exact) mass is 289 g/mol. The van der Waals surface area contributed by atoms with Gasteiger partial charge in [-0.3, -0.25) is 0 Å². The molecule has 2 aromatic carbocycles. The number of aromatic hydroxyl groups is 1. The van der Waals surface area contributed by atoms with Crippen LogP contribution < -0.4 is 10.1 Å². The molecule has 2 N–H and O–H groups in total. The van der Waals surface area contributed by atoms with Crippen molar-refractivity contribution < 1.29 is 14.2 Å². The van der Waals surface area contributed by atoms with Crippen LogP contribution in [-0.2, 0) is 6.42 Å². The van der Waals surface area contributed by atoms with E-state index < -0.39 is 5.82 Å². The molecule has 0 aliphatic rings. The molecule has 0 bridgehead atoms. The van der Waals surface area contributed by atoms with Gasteiger partial charge in [0.2, 0.25) is 0 Å². The molecular weight excluding hydrogens is 269 g/mol. The van der Waals surface area contributed by atoms with Gasteiger partial charge in [0.1, 0.15) is 17.3 Å². The van der Waals surface area contributed by atoms with Crippen molar-refractivity contribution >= 4 is 0 Å². The summed E-state index contributed by atoms with van der Waals surface area (Å²) in [7, 11) is 1.65. The van der Waals surface area contributed by atoms with Crippen LogP contribution in [0.15, 0.2) is 42.5 Å². The van der Waals surface area contributed by atoms with Gasteiger partial charge in [-0.1, -0.05) is 24.3 Å². The summed E-state index contributed by atoms with van der Waals surface area (Å²) in [5.74, 6) is 0.410. The Kier molecular flexibility index (Phi) is 5.17. The van der Waals surface area contributed by atoms with Crippen molar-refractivity contribution in [2.45, 2.75) is 19.4 Å². The number of halogens is 1. The Hall–Kier alpha value is -2.07. The number of benzene rings is 2. The number of phenolic OH excluding ortho intramolecular Hbond substituents is 1. The first-order valence-electron chi connectivity index (χ1n) is 6.95. The molecule has 0 radical (unpaired) electrons. The van der Waals surface area contributed by atoms with E-state index in [1.54, 1.807) is 13.2 Å². The number of rotatable bonds is 6. The normalized spacial score (nSPS) is 12.1. The summed E-state index contributed by atoms with van der Waals surface area (Å²) in [4.78, 5) is 0. The van der Waals surface area contributed by atoms with Crippen LogP contribution in [0.3, 0.4) is 0 Å². The molecule has 1 unspecified atom stereocenters. The average molecular weight is 289 g/mol. The lowest BCUT2D eigenvalue weighted by Crippen LogP contribution is -2.22. The van der Waals surface area contributed by atoms with Gasteiger partial charge in [-0.05, 0) is 37.6 Å². The van der Waals surface area contributed by atoms with Crippen LogP contribution in [0.1, 0.15) is 24.1 Å². The van der Waals surface area contributed by atoms with Crippen molar-refractivity contribution in [1.82, 2.24) is 5.32 Å². The van der Waals surface area contributed by atoms with Crippen LogP contribution in [0, 0.1) is 5.82 Å². The van der Waals surface area contributed by atoms with E-state index in [4.69, 9.17) is 4.74 Å². The van der Waals surface area contributed by atoms with Gasteiger partial charge in [-0.25, -0.2) is 4.39 Å². The third-order valence-electron chi connectivity index (χ3n) is 3.49. The van der Waals surface area contributed by atoms with E-state index in [0.717, 1.165) is 23.8 Å². The van der Waals surface area contributed by atoms with Crippen molar-refractivity contribution in [3.05, 3.63) is 59.4 Å². The van der Waals surface area contributed by atoms with E-state index >= 15 is 0 Å². The first-order valence-corrected chi connectivity index (χ1v) is 6.95. The molecule has 1 atom stereocenters. The number of hydrogen-bond donors (Lipinski definition) is 2. The molecule has 2 rings (SSSR count). The molecule has 2 aromatic rings. The first kappa shape index (κ1) is 15.3. The number of ether oxygens (including phenoxy) is 1. The van der Waals surface area contributed by atoms with E-state index in [1.165, 1.54) is 6.07 Å². The van der Waals surface area contributed by atoms with Gasteiger partial charge in [-0.2, -0.15) is 0 Å². The lowest BCUT2D eigenvalue weighted by atomic mass is 10.1. The van der Waals surface area contributed by atoms with Crippen molar-refractivity contribution in [1.29, 1.82) is 0 Å². The second-order valence-electron chi connectivity index (χ2n) is 4.94. The van der Waals surface area contributed by atoms with Crippen molar-refractivity contribution in [2.24, 2.45) is 0 Å². The van der Waals surface area contributed by atoms with Gasteiger partial charge in [0.15, 0.2) is 0 Å². The minimum atomic E-state index is -0.396. The predicted octanol–water partition coefficient (Wildman–Crippen LogP) is 3.43. The van der Waals surface area contributed by atoms with Gasteiger partial charge in [-0.15, -0.1) is 0 Å². The molecule has 0 aromatic heterocycles. The summed E-state index contributed by atoms with van der Waals surface area (Å²) < 4.78 is 19.1. The van der Waals surface area contributed by atoms with Crippen molar-refractivity contribution in [3.8, 4) is 11.5 Å². The largest absolute Gasteiger partial charge is 0.508 e. The fourth-order valence-electron chi connectivity index (χ4n) is 2.31. The molecule has 0 aliphatic heterocycles. The Morgan fingerprint density at radius 1 is 1.24 bits per heavy atom. The maximum atomic E-state index is 13.7. The van der Waals surface area contributed by atoms with Crippen LogP contribution in [0.2, 0.25) is 0 Å². The van der Waals surface area contributed by atoms with E-state index in [0.29, 0.717) is 12.1 Å². The zero-order chi connectivity index (χ0) is 15.2. The lowest BCUT2D eigenvalue weighted by molar-refractivity contribution is 0.408. The maximum absolute atomic E-state index is 13.7. The number of methoxy groups -OCH3 is 1. The summed E-state index contributed by atoms with van der Waals surface area (Å²) in [6, 6.07) is 12.0. The Labute approximate surface area is 124 Å². The van der Waals surface area contributed by atoms with Crippen molar-refractivity contribution in [3.63, 3.8) is 0 Å². The third-order valence-corrected chi connectivity index (χ3v) is 3.49. The van der Waals surface area contributed by atoms with Crippen LogP contribution in [-0.4, -0.2) is 18.8 Å². The number of para-hydroxylation sites is 1. The summed E-state index contributed by atoms with van der Waals surface area (Å²) in [5.41, 5.74) is 1.67. The average Bonchev–Trinajstić information content (AvgIpc) is 2.47. The Bertz CT molecular complexity index is 601. The fraction of sp³-hybridized carbons (Fsp3) is 0.294. The molecule has 0 aliphatic carbocycles.